The summed E-state index contributed by atoms with van der Waals surface area (Å²) in [7, 11) is 0. The van der Waals surface area contributed by atoms with Crippen molar-refractivity contribution >= 4 is 5.69 Å². The van der Waals surface area contributed by atoms with Crippen molar-refractivity contribution < 1.29 is 4.74 Å². The summed E-state index contributed by atoms with van der Waals surface area (Å²) in [5.74, 6) is 0. The molecule has 0 bridgehead atoms. The summed E-state index contributed by atoms with van der Waals surface area (Å²) >= 11 is 0. The molecule has 1 aliphatic rings. The number of anilines is 1. The Kier molecular flexibility index (Phi) is 3.62. The molecule has 0 amide bonds. The highest BCUT2D eigenvalue weighted by atomic mass is 16.5. The SMILES string of the molecule is Cc1cc(N2CCOC(CN)C2)ccc1C#N. The minimum absolute atomic E-state index is 0.111. The monoisotopic (exact) mass is 231 g/mol. The van der Waals surface area contributed by atoms with E-state index in [9.17, 15) is 0 Å². The molecule has 1 aromatic rings. The van der Waals surface area contributed by atoms with E-state index in [0.717, 1.165) is 29.9 Å². The Bertz CT molecular complexity index is 439. The summed E-state index contributed by atoms with van der Waals surface area (Å²) in [6.07, 6.45) is 0.111. The average molecular weight is 231 g/mol. The van der Waals surface area contributed by atoms with E-state index in [-0.39, 0.29) is 6.10 Å². The molecular weight excluding hydrogens is 214 g/mol. The number of hydrogen-bond donors (Lipinski definition) is 1. The molecule has 1 saturated heterocycles. The second-order valence-electron chi connectivity index (χ2n) is 4.29. The lowest BCUT2D eigenvalue weighted by Crippen LogP contribution is -2.45. The minimum atomic E-state index is 0.111. The molecule has 0 radical (unpaired) electrons. The highest BCUT2D eigenvalue weighted by Gasteiger charge is 2.19. The van der Waals surface area contributed by atoms with E-state index in [2.05, 4.69) is 17.0 Å². The third kappa shape index (κ3) is 2.57. The number of ether oxygens (including phenoxy) is 1. The van der Waals surface area contributed by atoms with Gasteiger partial charge in [0.15, 0.2) is 0 Å². The van der Waals surface area contributed by atoms with Gasteiger partial charge < -0.3 is 15.4 Å². The average Bonchev–Trinajstić information content (AvgIpc) is 2.38. The van der Waals surface area contributed by atoms with Gasteiger partial charge in [-0.3, -0.25) is 0 Å². The van der Waals surface area contributed by atoms with Gasteiger partial charge in [-0.25, -0.2) is 0 Å². The van der Waals surface area contributed by atoms with Crippen LogP contribution in [-0.4, -0.2) is 32.3 Å². The van der Waals surface area contributed by atoms with Gasteiger partial charge in [0.05, 0.1) is 24.3 Å². The van der Waals surface area contributed by atoms with Crippen molar-refractivity contribution in [1.82, 2.24) is 0 Å². The first-order valence-electron chi connectivity index (χ1n) is 5.82. The Labute approximate surface area is 102 Å². The van der Waals surface area contributed by atoms with Crippen molar-refractivity contribution in [2.75, 3.05) is 31.1 Å². The minimum Gasteiger partial charge on any atom is -0.373 e. The Morgan fingerprint density at radius 1 is 1.59 bits per heavy atom. The van der Waals surface area contributed by atoms with Crippen molar-refractivity contribution in [3.8, 4) is 6.07 Å². The number of nitrogens with two attached hydrogens (primary N) is 1. The van der Waals surface area contributed by atoms with Gasteiger partial charge >= 0.3 is 0 Å². The number of nitriles is 1. The number of morpholine rings is 1. The van der Waals surface area contributed by atoms with Crippen LogP contribution in [0.5, 0.6) is 0 Å². The topological polar surface area (TPSA) is 62.3 Å². The Balaban J connectivity index is 2.17. The van der Waals surface area contributed by atoms with Crippen LogP contribution in [-0.2, 0) is 4.74 Å². The lowest BCUT2D eigenvalue weighted by atomic mass is 10.1. The molecule has 1 fully saturated rings. The molecule has 1 atom stereocenters. The Hall–Kier alpha value is -1.57. The third-order valence-corrected chi connectivity index (χ3v) is 3.10. The summed E-state index contributed by atoms with van der Waals surface area (Å²) in [6.45, 7) is 4.92. The van der Waals surface area contributed by atoms with Crippen LogP contribution in [0.3, 0.4) is 0 Å². The fraction of sp³-hybridized carbons (Fsp3) is 0.462. The van der Waals surface area contributed by atoms with E-state index >= 15 is 0 Å². The van der Waals surface area contributed by atoms with Crippen molar-refractivity contribution in [2.24, 2.45) is 5.73 Å². The van der Waals surface area contributed by atoms with E-state index < -0.39 is 0 Å². The van der Waals surface area contributed by atoms with Gasteiger partial charge in [0, 0.05) is 25.3 Å². The second kappa shape index (κ2) is 5.17. The summed E-state index contributed by atoms with van der Waals surface area (Å²) in [5.41, 5.74) is 8.51. The van der Waals surface area contributed by atoms with Gasteiger partial charge in [0.1, 0.15) is 0 Å². The zero-order valence-electron chi connectivity index (χ0n) is 10.0. The van der Waals surface area contributed by atoms with Gasteiger partial charge in [-0.1, -0.05) is 0 Å². The highest BCUT2D eigenvalue weighted by Crippen LogP contribution is 2.21. The van der Waals surface area contributed by atoms with E-state index in [1.807, 2.05) is 19.1 Å². The lowest BCUT2D eigenvalue weighted by molar-refractivity contribution is 0.0466. The summed E-state index contributed by atoms with van der Waals surface area (Å²) in [5, 5.41) is 8.90. The summed E-state index contributed by atoms with van der Waals surface area (Å²) in [4.78, 5) is 2.26. The lowest BCUT2D eigenvalue weighted by Gasteiger charge is -2.34. The Morgan fingerprint density at radius 3 is 3.06 bits per heavy atom. The highest BCUT2D eigenvalue weighted by molar-refractivity contribution is 5.53. The molecule has 4 nitrogen and oxygen atoms in total. The van der Waals surface area contributed by atoms with Crippen LogP contribution in [0.15, 0.2) is 18.2 Å². The summed E-state index contributed by atoms with van der Waals surface area (Å²) < 4.78 is 5.53. The normalized spacial score (nSPS) is 20.1. The smallest absolute Gasteiger partial charge is 0.0994 e. The molecule has 1 heterocycles. The molecular formula is C13H17N3O. The zero-order chi connectivity index (χ0) is 12.3. The van der Waals surface area contributed by atoms with Crippen LogP contribution in [0, 0.1) is 18.3 Å². The molecule has 90 valence electrons. The fourth-order valence-electron chi connectivity index (χ4n) is 2.07. The maximum Gasteiger partial charge on any atom is 0.0994 e. The first-order chi connectivity index (χ1) is 8.24. The van der Waals surface area contributed by atoms with E-state index in [1.165, 1.54) is 0 Å². The maximum atomic E-state index is 8.90. The van der Waals surface area contributed by atoms with Crippen molar-refractivity contribution in [3.05, 3.63) is 29.3 Å². The molecule has 0 spiro atoms. The molecule has 0 saturated carbocycles. The largest absolute Gasteiger partial charge is 0.373 e. The number of nitrogens with zero attached hydrogens (tertiary/aromatic N) is 2. The van der Waals surface area contributed by atoms with E-state index in [1.54, 1.807) is 0 Å². The molecule has 1 aromatic carbocycles. The van der Waals surface area contributed by atoms with Crippen molar-refractivity contribution in [2.45, 2.75) is 13.0 Å². The van der Waals surface area contributed by atoms with Gasteiger partial charge in [-0.2, -0.15) is 5.26 Å². The van der Waals surface area contributed by atoms with Crippen LogP contribution in [0.2, 0.25) is 0 Å². The van der Waals surface area contributed by atoms with Gasteiger partial charge in [0.2, 0.25) is 0 Å². The number of rotatable bonds is 2. The standard InChI is InChI=1S/C13H17N3O/c1-10-6-12(3-2-11(10)7-14)16-4-5-17-13(8-15)9-16/h2-3,6,13H,4-5,8-9,15H2,1H3. The molecule has 0 aliphatic carbocycles. The van der Waals surface area contributed by atoms with Crippen LogP contribution in [0.25, 0.3) is 0 Å². The summed E-state index contributed by atoms with van der Waals surface area (Å²) in [6, 6.07) is 8.10. The first-order valence-corrected chi connectivity index (χ1v) is 5.82. The number of aryl methyl sites for hydroxylation is 1. The molecule has 1 aliphatic heterocycles. The van der Waals surface area contributed by atoms with Crippen molar-refractivity contribution in [1.29, 1.82) is 5.26 Å². The van der Waals surface area contributed by atoms with Gasteiger partial charge in [0.25, 0.3) is 0 Å². The van der Waals surface area contributed by atoms with E-state index in [4.69, 9.17) is 15.7 Å². The fourth-order valence-corrected chi connectivity index (χ4v) is 2.07. The quantitative estimate of drug-likeness (QED) is 0.825. The number of benzene rings is 1. The molecule has 0 aromatic heterocycles. The van der Waals surface area contributed by atoms with Gasteiger partial charge in [-0.05, 0) is 30.7 Å². The first kappa shape index (κ1) is 11.9. The zero-order valence-corrected chi connectivity index (χ0v) is 10.0. The number of hydrogen-bond acceptors (Lipinski definition) is 4. The van der Waals surface area contributed by atoms with Gasteiger partial charge in [-0.15, -0.1) is 0 Å². The second-order valence-corrected chi connectivity index (χ2v) is 4.29. The molecule has 1 unspecified atom stereocenters. The third-order valence-electron chi connectivity index (χ3n) is 3.10. The van der Waals surface area contributed by atoms with E-state index in [0.29, 0.717) is 13.2 Å². The van der Waals surface area contributed by atoms with Crippen molar-refractivity contribution in [3.63, 3.8) is 0 Å². The molecule has 17 heavy (non-hydrogen) atoms. The molecule has 2 N–H and O–H groups in total. The van der Waals surface area contributed by atoms with Crippen LogP contribution in [0.4, 0.5) is 5.69 Å². The van der Waals surface area contributed by atoms with Crippen LogP contribution in [0.1, 0.15) is 11.1 Å². The maximum absolute atomic E-state index is 8.90. The van der Waals surface area contributed by atoms with Crippen LogP contribution < -0.4 is 10.6 Å². The molecule has 4 heteroatoms. The molecule has 2 rings (SSSR count). The Morgan fingerprint density at radius 2 is 2.41 bits per heavy atom. The predicted molar refractivity (Wildman–Crippen MR) is 66.9 cm³/mol. The van der Waals surface area contributed by atoms with Crippen LogP contribution >= 0.6 is 0 Å². The predicted octanol–water partition coefficient (Wildman–Crippen LogP) is 1.03.